The summed E-state index contributed by atoms with van der Waals surface area (Å²) in [6.45, 7) is 0. The number of aliphatic carboxylic acids is 2. The van der Waals surface area contributed by atoms with Gasteiger partial charge in [0.2, 0.25) is 0 Å². The molecule has 0 rings (SSSR count). The van der Waals surface area contributed by atoms with Crippen LogP contribution in [0, 0.1) is 0 Å². The predicted octanol–water partition coefficient (Wildman–Crippen LogP) is -1.47. The van der Waals surface area contributed by atoms with Crippen molar-refractivity contribution < 1.29 is 24.9 Å². The molecule has 6 nitrogen and oxygen atoms in total. The smallest absolute Gasteiger partial charge is 0.334 e. The highest BCUT2D eigenvalue weighted by Crippen LogP contribution is 1.92. The molecule has 0 amide bonds. The van der Waals surface area contributed by atoms with Gasteiger partial charge in [-0.25, -0.2) is 4.79 Å². The van der Waals surface area contributed by atoms with Gasteiger partial charge in [-0.1, -0.05) is 0 Å². The van der Waals surface area contributed by atoms with Gasteiger partial charge in [0, 0.05) is 0 Å². The molecule has 0 fully saturated rings. The molecular weight excluding hydrogens is 190 g/mol. The summed E-state index contributed by atoms with van der Waals surface area (Å²) in [6, 6.07) is -1.47. The van der Waals surface area contributed by atoms with Crippen LogP contribution in [0.3, 0.4) is 0 Å². The van der Waals surface area contributed by atoms with Gasteiger partial charge in [-0.2, -0.15) is 0 Å². The van der Waals surface area contributed by atoms with Crippen molar-refractivity contribution in [3.05, 3.63) is 0 Å². The number of carboxylic acids is 2. The summed E-state index contributed by atoms with van der Waals surface area (Å²) < 4.78 is 0. The Bertz CT molecular complexity index is 173. The first-order valence-corrected chi connectivity index (χ1v) is 2.81. The fraction of sp³-hybridized carbons (Fsp3) is 0.600. The van der Waals surface area contributed by atoms with Crippen molar-refractivity contribution in [2.75, 3.05) is 7.05 Å². The third-order valence-electron chi connectivity index (χ3n) is 1.15. The van der Waals surface area contributed by atoms with Crippen LogP contribution in [0.15, 0.2) is 0 Å². The number of carboxylic acid groups (broad SMARTS) is 2. The van der Waals surface area contributed by atoms with Gasteiger partial charge in [0.25, 0.3) is 0 Å². The topological polar surface area (TPSA) is 107 Å². The van der Waals surface area contributed by atoms with E-state index in [1.54, 1.807) is 0 Å². The average molecular weight is 200 g/mol. The summed E-state index contributed by atoms with van der Waals surface area (Å²) in [7, 11) is 1.25. The molecule has 0 aliphatic heterocycles. The molecule has 0 heterocycles. The van der Waals surface area contributed by atoms with Crippen LogP contribution in [-0.2, 0) is 9.59 Å². The summed E-state index contributed by atoms with van der Waals surface area (Å²) in [5.41, 5.74) is 0. The maximum Gasteiger partial charge on any atom is 0.334 e. The Morgan fingerprint density at radius 1 is 1.25 bits per heavy atom. The molecule has 0 spiro atoms. The molecular formula is C5H10ClNO5. The summed E-state index contributed by atoms with van der Waals surface area (Å²) in [5.74, 6) is -2.96. The number of halogens is 1. The molecule has 0 aliphatic carbocycles. The summed E-state index contributed by atoms with van der Waals surface area (Å²) in [5, 5.41) is 27.4. The van der Waals surface area contributed by atoms with Crippen molar-refractivity contribution in [3.8, 4) is 0 Å². The van der Waals surface area contributed by atoms with Gasteiger partial charge in [0.15, 0.2) is 6.10 Å². The molecule has 0 aromatic rings. The lowest BCUT2D eigenvalue weighted by molar-refractivity contribution is -0.155. The molecule has 0 aromatic heterocycles. The van der Waals surface area contributed by atoms with Crippen molar-refractivity contribution in [1.82, 2.24) is 5.32 Å². The van der Waals surface area contributed by atoms with Gasteiger partial charge in [-0.3, -0.25) is 4.79 Å². The molecule has 72 valence electrons. The second kappa shape index (κ2) is 5.76. The van der Waals surface area contributed by atoms with E-state index in [1.807, 2.05) is 0 Å². The molecule has 0 aliphatic rings. The number of carbonyl (C=O) groups is 2. The van der Waals surface area contributed by atoms with Crippen molar-refractivity contribution in [2.24, 2.45) is 0 Å². The van der Waals surface area contributed by atoms with Crippen LogP contribution < -0.4 is 5.32 Å². The Hall–Kier alpha value is -0.850. The Balaban J connectivity index is 0. The van der Waals surface area contributed by atoms with E-state index in [-0.39, 0.29) is 12.4 Å². The lowest BCUT2D eigenvalue weighted by Crippen LogP contribution is -2.48. The molecule has 0 saturated heterocycles. The summed E-state index contributed by atoms with van der Waals surface area (Å²) in [6.07, 6.45) is -1.92. The summed E-state index contributed by atoms with van der Waals surface area (Å²) in [4.78, 5) is 20.2. The second-order valence-electron chi connectivity index (χ2n) is 1.89. The first-order valence-electron chi connectivity index (χ1n) is 2.81. The lowest BCUT2D eigenvalue weighted by Gasteiger charge is -2.13. The largest absolute Gasteiger partial charge is 0.480 e. The molecule has 4 N–H and O–H groups in total. The molecule has 2 atom stereocenters. The minimum Gasteiger partial charge on any atom is -0.480 e. The van der Waals surface area contributed by atoms with Crippen molar-refractivity contribution >= 4 is 24.3 Å². The molecule has 12 heavy (non-hydrogen) atoms. The Kier molecular flexibility index (Phi) is 6.58. The van der Waals surface area contributed by atoms with Crippen molar-refractivity contribution in [2.45, 2.75) is 12.1 Å². The number of aliphatic hydroxyl groups is 1. The molecule has 0 radical (unpaired) electrons. The molecule has 1 unspecified atom stereocenters. The van der Waals surface area contributed by atoms with Crippen molar-refractivity contribution in [3.63, 3.8) is 0 Å². The van der Waals surface area contributed by atoms with Crippen LogP contribution in [-0.4, -0.2) is 46.5 Å². The van der Waals surface area contributed by atoms with Crippen molar-refractivity contribution in [1.29, 1.82) is 0 Å². The minimum absolute atomic E-state index is 0. The molecule has 0 bridgehead atoms. The van der Waals surface area contributed by atoms with E-state index < -0.39 is 24.1 Å². The third-order valence-corrected chi connectivity index (χ3v) is 1.15. The zero-order valence-electron chi connectivity index (χ0n) is 6.22. The number of hydrogen-bond acceptors (Lipinski definition) is 4. The van der Waals surface area contributed by atoms with E-state index in [0.717, 1.165) is 0 Å². The maximum atomic E-state index is 10.2. The predicted molar refractivity (Wildman–Crippen MR) is 41.4 cm³/mol. The Labute approximate surface area is 74.6 Å². The number of aliphatic hydroxyl groups excluding tert-OH is 1. The fourth-order valence-corrected chi connectivity index (χ4v) is 0.559. The van der Waals surface area contributed by atoms with Crippen LogP contribution in [0.2, 0.25) is 0 Å². The second-order valence-corrected chi connectivity index (χ2v) is 1.89. The van der Waals surface area contributed by atoms with E-state index >= 15 is 0 Å². The number of likely N-dealkylation sites (N-methyl/N-ethyl adjacent to an activating group) is 1. The molecule has 7 heteroatoms. The number of nitrogens with one attached hydrogen (secondary N) is 1. The summed E-state index contributed by atoms with van der Waals surface area (Å²) >= 11 is 0. The highest BCUT2D eigenvalue weighted by Gasteiger charge is 2.30. The van der Waals surface area contributed by atoms with Gasteiger partial charge in [0.05, 0.1) is 0 Å². The third kappa shape index (κ3) is 3.51. The van der Waals surface area contributed by atoms with Crippen LogP contribution in [0.5, 0.6) is 0 Å². The van der Waals surface area contributed by atoms with Gasteiger partial charge in [-0.15, -0.1) is 12.4 Å². The standard InChI is InChI=1S/C5H9NO5.ClH/c1-6-2(4(8)9)3(7)5(10)11;/h2-3,6-7H,1H3,(H,8,9)(H,10,11);1H/t2-,3?;/m0./s1. The zero-order chi connectivity index (χ0) is 9.02. The van der Waals surface area contributed by atoms with Crippen LogP contribution in [0.4, 0.5) is 0 Å². The van der Waals surface area contributed by atoms with E-state index in [9.17, 15) is 9.59 Å². The highest BCUT2D eigenvalue weighted by molar-refractivity contribution is 5.85. The van der Waals surface area contributed by atoms with E-state index in [2.05, 4.69) is 5.32 Å². The van der Waals surface area contributed by atoms with E-state index in [4.69, 9.17) is 15.3 Å². The van der Waals surface area contributed by atoms with Gasteiger partial charge < -0.3 is 20.6 Å². The highest BCUT2D eigenvalue weighted by atomic mass is 35.5. The maximum absolute atomic E-state index is 10.2. The number of rotatable bonds is 4. The van der Waals surface area contributed by atoms with Crippen LogP contribution in [0.1, 0.15) is 0 Å². The Morgan fingerprint density at radius 2 is 1.67 bits per heavy atom. The zero-order valence-corrected chi connectivity index (χ0v) is 7.04. The lowest BCUT2D eigenvalue weighted by atomic mass is 10.2. The van der Waals surface area contributed by atoms with Gasteiger partial charge in [0.1, 0.15) is 6.04 Å². The fourth-order valence-electron chi connectivity index (χ4n) is 0.559. The average Bonchev–Trinajstić information content (AvgIpc) is 1.88. The number of hydrogen-bond donors (Lipinski definition) is 4. The minimum atomic E-state index is -1.92. The SMILES string of the molecule is CN[C@H](C(=O)O)C(O)C(=O)O.Cl. The van der Waals surface area contributed by atoms with Crippen LogP contribution in [0.25, 0.3) is 0 Å². The first-order chi connectivity index (χ1) is 5.00. The van der Waals surface area contributed by atoms with E-state index in [0.29, 0.717) is 0 Å². The van der Waals surface area contributed by atoms with Crippen LogP contribution >= 0.6 is 12.4 Å². The van der Waals surface area contributed by atoms with Gasteiger partial charge in [-0.05, 0) is 7.05 Å². The monoisotopic (exact) mass is 199 g/mol. The molecule has 0 saturated carbocycles. The first kappa shape index (κ1) is 13.7. The Morgan fingerprint density at radius 3 is 1.75 bits per heavy atom. The normalized spacial score (nSPS) is 14.2. The quantitative estimate of drug-likeness (QED) is 0.440. The molecule has 0 aromatic carbocycles. The van der Waals surface area contributed by atoms with Gasteiger partial charge >= 0.3 is 11.9 Å². The van der Waals surface area contributed by atoms with E-state index in [1.165, 1.54) is 7.05 Å².